The lowest BCUT2D eigenvalue weighted by Gasteiger charge is -2.27. The van der Waals surface area contributed by atoms with Crippen molar-refractivity contribution in [3.8, 4) is 5.75 Å². The zero-order valence-corrected chi connectivity index (χ0v) is 21.6. The van der Waals surface area contributed by atoms with Crippen molar-refractivity contribution in [2.45, 2.75) is 45.8 Å². The molecule has 0 radical (unpaired) electrons. The summed E-state index contributed by atoms with van der Waals surface area (Å²) in [7, 11) is 0. The van der Waals surface area contributed by atoms with E-state index in [2.05, 4.69) is 5.32 Å². The molecule has 9 nitrogen and oxygen atoms in total. The molecule has 2 aromatic carbocycles. The zero-order valence-electron chi connectivity index (χ0n) is 21.6. The first-order valence-corrected chi connectivity index (χ1v) is 12.5. The minimum Gasteiger partial charge on any atom is -0.492 e. The van der Waals surface area contributed by atoms with E-state index >= 15 is 0 Å². The molecular weight excluding hydrogens is 476 g/mol. The van der Waals surface area contributed by atoms with Crippen LogP contribution in [0.4, 0.5) is 9.59 Å². The Morgan fingerprint density at radius 2 is 1.81 bits per heavy atom. The summed E-state index contributed by atoms with van der Waals surface area (Å²) in [6, 6.07) is 16.8. The molecule has 2 atom stereocenters. The third-order valence-electron chi connectivity index (χ3n) is 5.98. The van der Waals surface area contributed by atoms with Crippen LogP contribution in [0.15, 0.2) is 54.6 Å². The summed E-state index contributed by atoms with van der Waals surface area (Å²) in [5.41, 5.74) is 1.15. The van der Waals surface area contributed by atoms with Gasteiger partial charge in [-0.2, -0.15) is 0 Å². The van der Waals surface area contributed by atoms with Gasteiger partial charge < -0.3 is 29.5 Å². The standard InChI is InChI=1S/C28H36N2O7/c1-28(2,3)37-25(31)24(22-12-14-30(18-22)27(33)34)17-21-10-7-11-23(16-21)35-15-13-29-26(32)36-19-20-8-5-4-6-9-20/h4-11,16,22,24H,12-15,17-19H2,1-3H3,(H,29,32)(H,33,34)/t22?,24-/m1/s1. The summed E-state index contributed by atoms with van der Waals surface area (Å²) in [6.07, 6.45) is -0.473. The molecule has 1 unspecified atom stereocenters. The normalized spacial score (nSPS) is 16.1. The molecule has 0 bridgehead atoms. The van der Waals surface area contributed by atoms with Crippen LogP contribution < -0.4 is 10.1 Å². The quantitative estimate of drug-likeness (QED) is 0.356. The van der Waals surface area contributed by atoms with Crippen molar-refractivity contribution in [3.05, 3.63) is 65.7 Å². The fourth-order valence-corrected chi connectivity index (χ4v) is 4.22. The highest BCUT2D eigenvalue weighted by molar-refractivity contribution is 5.74. The average Bonchev–Trinajstić information content (AvgIpc) is 3.34. The number of likely N-dealkylation sites (tertiary alicyclic amines) is 1. The minimum atomic E-state index is -0.974. The van der Waals surface area contributed by atoms with Crippen LogP contribution >= 0.6 is 0 Å². The number of ether oxygens (including phenoxy) is 3. The van der Waals surface area contributed by atoms with Crippen molar-refractivity contribution in [2.75, 3.05) is 26.2 Å². The molecule has 2 N–H and O–H groups in total. The van der Waals surface area contributed by atoms with Crippen LogP contribution in [0.3, 0.4) is 0 Å². The highest BCUT2D eigenvalue weighted by atomic mass is 16.6. The molecule has 0 aliphatic carbocycles. The van der Waals surface area contributed by atoms with Crippen LogP contribution in [0, 0.1) is 11.8 Å². The lowest BCUT2D eigenvalue weighted by molar-refractivity contribution is -0.161. The van der Waals surface area contributed by atoms with E-state index in [1.807, 2.05) is 69.3 Å². The van der Waals surface area contributed by atoms with Gasteiger partial charge in [-0.3, -0.25) is 4.79 Å². The van der Waals surface area contributed by atoms with Crippen LogP contribution in [0.1, 0.15) is 38.3 Å². The Morgan fingerprint density at radius 3 is 2.49 bits per heavy atom. The number of benzene rings is 2. The van der Waals surface area contributed by atoms with Crippen molar-refractivity contribution in [1.29, 1.82) is 0 Å². The fourth-order valence-electron chi connectivity index (χ4n) is 4.22. The van der Waals surface area contributed by atoms with Gasteiger partial charge in [-0.15, -0.1) is 0 Å². The number of hydrogen-bond acceptors (Lipinski definition) is 6. The van der Waals surface area contributed by atoms with E-state index < -0.39 is 23.7 Å². The van der Waals surface area contributed by atoms with Gasteiger partial charge in [0.05, 0.1) is 12.5 Å². The van der Waals surface area contributed by atoms with Gasteiger partial charge in [0.25, 0.3) is 0 Å². The van der Waals surface area contributed by atoms with Gasteiger partial charge in [0, 0.05) is 13.1 Å². The lowest BCUT2D eigenvalue weighted by Crippen LogP contribution is -2.35. The van der Waals surface area contributed by atoms with Crippen molar-refractivity contribution in [1.82, 2.24) is 10.2 Å². The fraction of sp³-hybridized carbons (Fsp3) is 0.464. The number of alkyl carbamates (subject to hydrolysis) is 1. The maximum atomic E-state index is 13.1. The molecule has 1 aliphatic heterocycles. The molecule has 0 saturated carbocycles. The number of carboxylic acid groups (broad SMARTS) is 1. The van der Waals surface area contributed by atoms with Crippen molar-refractivity contribution in [3.63, 3.8) is 0 Å². The first kappa shape index (κ1) is 27.8. The first-order chi connectivity index (χ1) is 17.6. The summed E-state index contributed by atoms with van der Waals surface area (Å²) in [5.74, 6) is -0.311. The number of amides is 2. The van der Waals surface area contributed by atoms with Crippen LogP contribution in [-0.4, -0.2) is 60.0 Å². The number of hydrogen-bond donors (Lipinski definition) is 2. The lowest BCUT2D eigenvalue weighted by atomic mass is 9.86. The van der Waals surface area contributed by atoms with E-state index in [0.29, 0.717) is 31.7 Å². The predicted molar refractivity (Wildman–Crippen MR) is 137 cm³/mol. The van der Waals surface area contributed by atoms with Gasteiger partial charge in [0.1, 0.15) is 24.6 Å². The van der Waals surface area contributed by atoms with Crippen LogP contribution in [0.2, 0.25) is 0 Å². The SMILES string of the molecule is CC(C)(C)OC(=O)[C@H](Cc1cccc(OCCNC(=O)OCc2ccccc2)c1)C1CCN(C(=O)O)C1. The molecule has 1 saturated heterocycles. The van der Waals surface area contributed by atoms with E-state index in [1.165, 1.54) is 4.90 Å². The summed E-state index contributed by atoms with van der Waals surface area (Å²) >= 11 is 0. The monoisotopic (exact) mass is 512 g/mol. The van der Waals surface area contributed by atoms with Crippen molar-refractivity contribution >= 4 is 18.2 Å². The van der Waals surface area contributed by atoms with E-state index in [4.69, 9.17) is 14.2 Å². The summed E-state index contributed by atoms with van der Waals surface area (Å²) in [5, 5.41) is 12.0. The first-order valence-electron chi connectivity index (χ1n) is 12.5. The van der Waals surface area contributed by atoms with E-state index in [-0.39, 0.29) is 31.6 Å². The topological polar surface area (TPSA) is 114 Å². The van der Waals surface area contributed by atoms with Gasteiger partial charge in [-0.05, 0) is 62.8 Å². The van der Waals surface area contributed by atoms with Gasteiger partial charge >= 0.3 is 18.2 Å². The number of rotatable bonds is 10. The number of esters is 1. The molecule has 9 heteroatoms. The predicted octanol–water partition coefficient (Wildman–Crippen LogP) is 4.49. The Kier molecular flexibility index (Phi) is 9.77. The van der Waals surface area contributed by atoms with E-state index in [1.54, 1.807) is 6.07 Å². The third kappa shape index (κ3) is 9.33. The van der Waals surface area contributed by atoms with E-state index in [0.717, 1.165) is 11.1 Å². The smallest absolute Gasteiger partial charge is 0.407 e. The summed E-state index contributed by atoms with van der Waals surface area (Å²) in [6.45, 7) is 6.88. The number of nitrogens with one attached hydrogen (secondary N) is 1. The highest BCUT2D eigenvalue weighted by Crippen LogP contribution is 2.30. The molecule has 1 aliphatic rings. The molecule has 3 rings (SSSR count). The minimum absolute atomic E-state index is 0.123. The van der Waals surface area contributed by atoms with Crippen LogP contribution in [-0.2, 0) is 27.3 Å². The Labute approximate surface area is 217 Å². The Bertz CT molecular complexity index is 1050. The molecular formula is C28H36N2O7. The molecule has 1 heterocycles. The van der Waals surface area contributed by atoms with Gasteiger partial charge in [-0.25, -0.2) is 9.59 Å². The van der Waals surface area contributed by atoms with Crippen LogP contribution in [0.25, 0.3) is 0 Å². The molecule has 200 valence electrons. The number of nitrogens with zero attached hydrogens (tertiary/aromatic N) is 1. The molecule has 0 spiro atoms. The second-order valence-corrected chi connectivity index (χ2v) is 10.1. The molecule has 1 fully saturated rings. The Balaban J connectivity index is 1.52. The number of carbonyl (C=O) groups is 3. The van der Waals surface area contributed by atoms with Gasteiger partial charge in [0.2, 0.25) is 0 Å². The number of carbonyl (C=O) groups excluding carboxylic acids is 2. The summed E-state index contributed by atoms with van der Waals surface area (Å²) < 4.78 is 16.6. The van der Waals surface area contributed by atoms with Gasteiger partial charge in [-0.1, -0.05) is 42.5 Å². The molecule has 2 amide bonds. The maximum Gasteiger partial charge on any atom is 0.407 e. The molecule has 2 aromatic rings. The zero-order chi connectivity index (χ0) is 26.8. The highest BCUT2D eigenvalue weighted by Gasteiger charge is 2.38. The summed E-state index contributed by atoms with van der Waals surface area (Å²) in [4.78, 5) is 37.7. The van der Waals surface area contributed by atoms with Crippen molar-refractivity contribution in [2.24, 2.45) is 11.8 Å². The van der Waals surface area contributed by atoms with Gasteiger partial charge in [0.15, 0.2) is 0 Å². The molecule has 37 heavy (non-hydrogen) atoms. The largest absolute Gasteiger partial charge is 0.492 e. The second-order valence-electron chi connectivity index (χ2n) is 10.1. The van der Waals surface area contributed by atoms with Crippen LogP contribution in [0.5, 0.6) is 5.75 Å². The Morgan fingerprint density at radius 1 is 1.08 bits per heavy atom. The maximum absolute atomic E-state index is 13.1. The molecule has 0 aromatic heterocycles. The van der Waals surface area contributed by atoms with Crippen molar-refractivity contribution < 1.29 is 33.7 Å². The Hall–Kier alpha value is -3.75. The average molecular weight is 513 g/mol. The third-order valence-corrected chi connectivity index (χ3v) is 5.98. The second kappa shape index (κ2) is 13.0. The van der Waals surface area contributed by atoms with E-state index in [9.17, 15) is 19.5 Å².